The molecule has 2 aliphatic heterocycles. The van der Waals surface area contributed by atoms with Gasteiger partial charge in [0.15, 0.2) is 0 Å². The molecule has 1 aromatic rings. The fourth-order valence-electron chi connectivity index (χ4n) is 3.25. The Bertz CT molecular complexity index is 712. The molecule has 3 rings (SSSR count). The van der Waals surface area contributed by atoms with E-state index in [9.17, 15) is 19.5 Å². The second-order valence-electron chi connectivity index (χ2n) is 6.79. The van der Waals surface area contributed by atoms with Crippen molar-refractivity contribution in [3.8, 4) is 0 Å². The van der Waals surface area contributed by atoms with Crippen molar-refractivity contribution >= 4 is 29.5 Å². The van der Waals surface area contributed by atoms with E-state index in [1.54, 1.807) is 13.8 Å². The molecule has 3 atom stereocenters. The number of aliphatic carboxylic acids is 1. The van der Waals surface area contributed by atoms with Crippen molar-refractivity contribution in [1.82, 2.24) is 10.2 Å². The molecule has 1 aromatic carbocycles. The quantitative estimate of drug-likeness (QED) is 0.449. The van der Waals surface area contributed by atoms with E-state index in [2.05, 4.69) is 5.32 Å². The van der Waals surface area contributed by atoms with E-state index in [0.29, 0.717) is 0 Å². The standard InChI is InChI=1S/C17H20N2O4S.Na/c1-16(2)17(3,15(22)23)19-13(21)12(14(19)24-16)18-11(20)9-10-7-5-4-6-8-10;/h4-8,12,14H,9H2,1-3H3,(H,18,20)(H,22,23);/q;+1/p-1/t12-,14-,17+;/m1./s1. The van der Waals surface area contributed by atoms with Crippen LogP contribution in [0.1, 0.15) is 26.3 Å². The van der Waals surface area contributed by atoms with Crippen molar-refractivity contribution in [2.24, 2.45) is 0 Å². The van der Waals surface area contributed by atoms with Gasteiger partial charge >= 0.3 is 29.6 Å². The second kappa shape index (κ2) is 6.95. The maximum atomic E-state index is 12.4. The number of nitrogens with zero attached hydrogens (tertiary/aromatic N) is 1. The Morgan fingerprint density at radius 1 is 1.24 bits per heavy atom. The Kier molecular flexibility index (Phi) is 5.64. The van der Waals surface area contributed by atoms with Gasteiger partial charge in [-0.2, -0.15) is 0 Å². The maximum Gasteiger partial charge on any atom is 1.00 e. The Balaban J connectivity index is 0.00000225. The molecular formula is C17H19N2NaO4S. The van der Waals surface area contributed by atoms with Gasteiger partial charge in [-0.15, -0.1) is 11.8 Å². The fourth-order valence-corrected chi connectivity index (χ4v) is 5.00. The first kappa shape index (κ1) is 20.3. The number of carboxylic acid groups (broad SMARTS) is 1. The summed E-state index contributed by atoms with van der Waals surface area (Å²) in [4.78, 5) is 37.6. The van der Waals surface area contributed by atoms with Crippen LogP contribution >= 0.6 is 11.8 Å². The summed E-state index contributed by atoms with van der Waals surface area (Å²) in [5.74, 6) is -1.89. The van der Waals surface area contributed by atoms with E-state index in [-0.39, 0.29) is 53.2 Å². The first-order valence-corrected chi connectivity index (χ1v) is 8.62. The minimum Gasteiger partial charge on any atom is -0.548 e. The Labute approximate surface area is 173 Å². The monoisotopic (exact) mass is 370 g/mol. The van der Waals surface area contributed by atoms with Gasteiger partial charge in [-0.25, -0.2) is 0 Å². The Morgan fingerprint density at radius 3 is 2.40 bits per heavy atom. The first-order chi connectivity index (χ1) is 11.2. The summed E-state index contributed by atoms with van der Waals surface area (Å²) in [7, 11) is 0. The molecule has 6 nitrogen and oxygen atoms in total. The third-order valence-corrected chi connectivity index (χ3v) is 6.75. The summed E-state index contributed by atoms with van der Waals surface area (Å²) >= 11 is 1.38. The average Bonchev–Trinajstić information content (AvgIpc) is 2.71. The Morgan fingerprint density at radius 2 is 1.84 bits per heavy atom. The van der Waals surface area contributed by atoms with Crippen molar-refractivity contribution in [1.29, 1.82) is 0 Å². The Hall–Kier alpha value is -1.02. The van der Waals surface area contributed by atoms with Crippen LogP contribution in [-0.4, -0.2) is 44.4 Å². The van der Waals surface area contributed by atoms with E-state index in [1.165, 1.54) is 23.6 Å². The molecule has 2 saturated heterocycles. The van der Waals surface area contributed by atoms with Crippen LogP contribution in [0.3, 0.4) is 0 Å². The van der Waals surface area contributed by atoms with Crippen molar-refractivity contribution in [3.05, 3.63) is 35.9 Å². The molecular weight excluding hydrogens is 351 g/mol. The predicted octanol–water partition coefficient (Wildman–Crippen LogP) is -3.08. The smallest absolute Gasteiger partial charge is 0.548 e. The molecule has 0 spiro atoms. The average molecular weight is 370 g/mol. The largest absolute Gasteiger partial charge is 1.00 e. The van der Waals surface area contributed by atoms with Gasteiger partial charge in [-0.3, -0.25) is 9.59 Å². The van der Waals surface area contributed by atoms with Crippen molar-refractivity contribution in [3.63, 3.8) is 0 Å². The molecule has 2 amide bonds. The number of carbonyl (C=O) groups is 3. The van der Waals surface area contributed by atoms with Crippen LogP contribution in [0.25, 0.3) is 0 Å². The summed E-state index contributed by atoms with van der Waals surface area (Å²) in [5.41, 5.74) is -0.530. The van der Waals surface area contributed by atoms with Gasteiger partial charge in [0, 0.05) is 4.75 Å². The first-order valence-electron chi connectivity index (χ1n) is 7.74. The van der Waals surface area contributed by atoms with Gasteiger partial charge in [0.25, 0.3) is 0 Å². The van der Waals surface area contributed by atoms with E-state index >= 15 is 0 Å². The minimum atomic E-state index is -1.39. The number of hydrogen-bond acceptors (Lipinski definition) is 5. The SMILES string of the molecule is CC1(C)S[C@@H]2[C@H](NC(=O)Cc3ccccc3)C(=O)N2[C@@]1(C)C(=O)[O-].[Na+]. The number of carbonyl (C=O) groups excluding carboxylic acids is 3. The zero-order valence-corrected chi connectivity index (χ0v) is 17.6. The van der Waals surface area contributed by atoms with Crippen LogP contribution in [0.2, 0.25) is 0 Å². The number of fused-ring (bicyclic) bond motifs is 1. The van der Waals surface area contributed by atoms with Crippen molar-refractivity contribution in [2.45, 2.75) is 48.9 Å². The van der Waals surface area contributed by atoms with Crippen LogP contribution in [0.5, 0.6) is 0 Å². The van der Waals surface area contributed by atoms with Crippen LogP contribution in [0.15, 0.2) is 30.3 Å². The van der Waals surface area contributed by atoms with E-state index in [0.717, 1.165) is 5.56 Å². The number of thioether (sulfide) groups is 1. The van der Waals surface area contributed by atoms with Crippen LogP contribution in [-0.2, 0) is 20.8 Å². The molecule has 1 N–H and O–H groups in total. The number of carboxylic acids is 1. The van der Waals surface area contributed by atoms with E-state index in [4.69, 9.17) is 0 Å². The number of amides is 2. The van der Waals surface area contributed by atoms with Gasteiger partial charge in [-0.05, 0) is 26.3 Å². The third-order valence-electron chi connectivity index (χ3n) is 5.03. The van der Waals surface area contributed by atoms with Gasteiger partial charge < -0.3 is 20.1 Å². The van der Waals surface area contributed by atoms with Crippen LogP contribution in [0, 0.1) is 0 Å². The zero-order valence-electron chi connectivity index (χ0n) is 14.7. The molecule has 0 saturated carbocycles. The molecule has 2 heterocycles. The fraction of sp³-hybridized carbons (Fsp3) is 0.471. The van der Waals surface area contributed by atoms with Crippen molar-refractivity contribution in [2.75, 3.05) is 0 Å². The van der Waals surface area contributed by atoms with Gasteiger partial charge in [0.2, 0.25) is 11.8 Å². The number of rotatable bonds is 4. The van der Waals surface area contributed by atoms with Gasteiger partial charge in [-0.1, -0.05) is 30.3 Å². The zero-order chi connectivity index (χ0) is 17.7. The molecule has 0 unspecified atom stereocenters. The van der Waals surface area contributed by atoms with Crippen LogP contribution in [0.4, 0.5) is 0 Å². The van der Waals surface area contributed by atoms with E-state index in [1.807, 2.05) is 30.3 Å². The summed E-state index contributed by atoms with van der Waals surface area (Å²) in [6, 6.07) is 8.56. The molecule has 8 heteroatoms. The molecule has 0 radical (unpaired) electrons. The molecule has 0 aliphatic carbocycles. The molecule has 128 valence electrons. The molecule has 2 fully saturated rings. The molecule has 2 aliphatic rings. The number of benzene rings is 1. The number of hydrogen-bond donors (Lipinski definition) is 1. The van der Waals surface area contributed by atoms with Gasteiger partial charge in [0.1, 0.15) is 11.4 Å². The second-order valence-corrected chi connectivity index (χ2v) is 8.53. The molecule has 0 bridgehead atoms. The number of β-lactam (4-membered cyclic amide) rings is 1. The van der Waals surface area contributed by atoms with Crippen molar-refractivity contribution < 1.29 is 49.0 Å². The topological polar surface area (TPSA) is 89.5 Å². The summed E-state index contributed by atoms with van der Waals surface area (Å²) in [5, 5.41) is 14.0. The summed E-state index contributed by atoms with van der Waals surface area (Å²) < 4.78 is -0.703. The van der Waals surface area contributed by atoms with Gasteiger partial charge in [0.05, 0.1) is 17.9 Å². The van der Waals surface area contributed by atoms with E-state index < -0.39 is 22.3 Å². The minimum absolute atomic E-state index is 0. The molecule has 0 aromatic heterocycles. The van der Waals surface area contributed by atoms with Crippen LogP contribution < -0.4 is 40.0 Å². The normalized spacial score (nSPS) is 29.2. The third kappa shape index (κ3) is 3.12. The maximum absolute atomic E-state index is 12.4. The number of nitrogens with one attached hydrogen (secondary N) is 1. The summed E-state index contributed by atoms with van der Waals surface area (Å²) in [6.45, 7) is 5.07. The summed E-state index contributed by atoms with van der Waals surface area (Å²) in [6.07, 6.45) is 0.184. The predicted molar refractivity (Wildman–Crippen MR) is 87.8 cm³/mol. The molecule has 25 heavy (non-hydrogen) atoms.